The average Bonchev–Trinajstić information content (AvgIpc) is 2.79. The predicted octanol–water partition coefficient (Wildman–Crippen LogP) is 2.71. The number of carbonyl (C=O) groups is 1. The fraction of sp³-hybridized carbons (Fsp3) is 0.231. The Morgan fingerprint density at radius 3 is 2.84 bits per heavy atom. The number of nitrogens with two attached hydrogens (primary N) is 1. The first-order valence-corrected chi connectivity index (χ1v) is 6.13. The number of aryl methyl sites for hydroxylation is 1. The Morgan fingerprint density at radius 2 is 2.26 bits per heavy atom. The van der Waals surface area contributed by atoms with E-state index in [1.807, 2.05) is 0 Å². The zero-order valence-electron chi connectivity index (χ0n) is 10.6. The molecule has 5 nitrogen and oxygen atoms in total. The minimum Gasteiger partial charge on any atom is -0.444 e. The number of nitrogens with zero attached hydrogens (tertiary/aromatic N) is 1. The molecule has 2 aromatic rings. The summed E-state index contributed by atoms with van der Waals surface area (Å²) in [6.45, 7) is 3.59. The topological polar surface area (TPSA) is 81.2 Å². The van der Waals surface area contributed by atoms with Gasteiger partial charge in [0.05, 0.1) is 16.9 Å². The zero-order chi connectivity index (χ0) is 14.0. The van der Waals surface area contributed by atoms with Crippen LogP contribution < -0.4 is 11.1 Å². The minimum absolute atomic E-state index is 0.259. The van der Waals surface area contributed by atoms with Crippen LogP contribution in [0.15, 0.2) is 28.8 Å². The van der Waals surface area contributed by atoms with Gasteiger partial charge in [0.2, 0.25) is 5.89 Å². The summed E-state index contributed by atoms with van der Waals surface area (Å²) in [5.41, 5.74) is 6.47. The number of halogens is 1. The van der Waals surface area contributed by atoms with Crippen molar-refractivity contribution in [3.8, 4) is 0 Å². The van der Waals surface area contributed by atoms with Gasteiger partial charge in [-0.25, -0.2) is 4.98 Å². The molecule has 0 bridgehead atoms. The van der Waals surface area contributed by atoms with E-state index in [2.05, 4.69) is 10.3 Å². The normalized spacial score (nSPS) is 12.2. The fourth-order valence-corrected chi connectivity index (χ4v) is 1.76. The van der Waals surface area contributed by atoms with Crippen LogP contribution in [0.25, 0.3) is 0 Å². The number of amides is 1. The van der Waals surface area contributed by atoms with Crippen molar-refractivity contribution in [3.63, 3.8) is 0 Å². The van der Waals surface area contributed by atoms with Gasteiger partial charge in [-0.05, 0) is 32.0 Å². The molecule has 0 aliphatic rings. The van der Waals surface area contributed by atoms with Crippen molar-refractivity contribution in [3.05, 3.63) is 46.6 Å². The van der Waals surface area contributed by atoms with Crippen LogP contribution in [0.2, 0.25) is 5.02 Å². The van der Waals surface area contributed by atoms with Crippen LogP contribution >= 0.6 is 11.6 Å². The molecule has 0 spiro atoms. The maximum atomic E-state index is 12.0. The molecule has 1 aromatic heterocycles. The Bertz CT molecular complexity index is 610. The van der Waals surface area contributed by atoms with Crippen LogP contribution in [-0.2, 0) is 0 Å². The van der Waals surface area contributed by atoms with E-state index < -0.39 is 0 Å². The lowest BCUT2D eigenvalue weighted by Crippen LogP contribution is -2.26. The molecule has 0 saturated heterocycles. The van der Waals surface area contributed by atoms with Gasteiger partial charge in [0.15, 0.2) is 0 Å². The van der Waals surface area contributed by atoms with Gasteiger partial charge in [0.25, 0.3) is 5.91 Å². The van der Waals surface area contributed by atoms with E-state index in [1.54, 1.807) is 32.2 Å². The molecule has 1 amide bonds. The number of aromatic nitrogens is 1. The first-order chi connectivity index (χ1) is 8.97. The number of carbonyl (C=O) groups excluding carboxylic acids is 1. The van der Waals surface area contributed by atoms with Crippen LogP contribution in [-0.4, -0.2) is 10.9 Å². The number of hydrogen-bond acceptors (Lipinski definition) is 4. The monoisotopic (exact) mass is 279 g/mol. The Hall–Kier alpha value is -2.01. The first-order valence-electron chi connectivity index (χ1n) is 5.75. The molecule has 0 saturated carbocycles. The quantitative estimate of drug-likeness (QED) is 0.847. The Morgan fingerprint density at radius 1 is 1.53 bits per heavy atom. The van der Waals surface area contributed by atoms with E-state index >= 15 is 0 Å². The largest absolute Gasteiger partial charge is 0.444 e. The smallest absolute Gasteiger partial charge is 0.251 e. The van der Waals surface area contributed by atoms with Crippen molar-refractivity contribution >= 4 is 23.2 Å². The number of anilines is 1. The summed E-state index contributed by atoms with van der Waals surface area (Å²) in [6.07, 6.45) is 1.61. The highest BCUT2D eigenvalue weighted by Crippen LogP contribution is 2.20. The molecular weight excluding hydrogens is 266 g/mol. The van der Waals surface area contributed by atoms with E-state index in [0.717, 1.165) is 0 Å². The summed E-state index contributed by atoms with van der Waals surface area (Å²) in [5.74, 6) is 0.907. The summed E-state index contributed by atoms with van der Waals surface area (Å²) in [4.78, 5) is 16.1. The van der Waals surface area contributed by atoms with Crippen LogP contribution in [0.5, 0.6) is 0 Å². The molecule has 0 radical (unpaired) electrons. The highest BCUT2D eigenvalue weighted by molar-refractivity contribution is 6.33. The number of benzene rings is 1. The Balaban J connectivity index is 2.10. The Labute approximate surface area is 115 Å². The highest BCUT2D eigenvalue weighted by atomic mass is 35.5. The van der Waals surface area contributed by atoms with Gasteiger partial charge < -0.3 is 15.5 Å². The van der Waals surface area contributed by atoms with Gasteiger partial charge in [-0.2, -0.15) is 0 Å². The molecule has 0 aliphatic carbocycles. The molecule has 19 heavy (non-hydrogen) atoms. The average molecular weight is 280 g/mol. The molecule has 6 heteroatoms. The van der Waals surface area contributed by atoms with E-state index in [9.17, 15) is 4.79 Å². The first kappa shape index (κ1) is 13.4. The van der Waals surface area contributed by atoms with Gasteiger partial charge >= 0.3 is 0 Å². The number of nitrogens with one attached hydrogen (secondary N) is 1. The lowest BCUT2D eigenvalue weighted by Gasteiger charge is -2.11. The van der Waals surface area contributed by atoms with Crippen molar-refractivity contribution in [2.45, 2.75) is 19.9 Å². The van der Waals surface area contributed by atoms with Crippen molar-refractivity contribution < 1.29 is 9.21 Å². The second kappa shape index (κ2) is 5.32. The van der Waals surface area contributed by atoms with E-state index in [4.69, 9.17) is 21.8 Å². The SMILES string of the molecule is Cc1cnc(C(C)NC(=O)c2ccc(N)c(Cl)c2)o1. The van der Waals surface area contributed by atoms with Crippen LogP contribution in [0.1, 0.15) is 35.0 Å². The number of hydrogen-bond donors (Lipinski definition) is 2. The summed E-state index contributed by atoms with van der Waals surface area (Å²) in [7, 11) is 0. The highest BCUT2D eigenvalue weighted by Gasteiger charge is 2.16. The van der Waals surface area contributed by atoms with Crippen molar-refractivity contribution in [2.75, 3.05) is 5.73 Å². The molecule has 0 aliphatic heterocycles. The third kappa shape index (κ3) is 3.06. The molecule has 0 fully saturated rings. The molecule has 1 heterocycles. The maximum absolute atomic E-state index is 12.0. The zero-order valence-corrected chi connectivity index (χ0v) is 11.4. The summed E-state index contributed by atoms with van der Waals surface area (Å²) in [6, 6.07) is 4.42. The van der Waals surface area contributed by atoms with Crippen LogP contribution in [0.4, 0.5) is 5.69 Å². The Kier molecular flexibility index (Phi) is 3.76. The van der Waals surface area contributed by atoms with Crippen LogP contribution in [0.3, 0.4) is 0 Å². The molecule has 100 valence electrons. The van der Waals surface area contributed by atoms with E-state index in [1.165, 1.54) is 6.07 Å². The number of oxazole rings is 1. The lowest BCUT2D eigenvalue weighted by molar-refractivity contribution is 0.0934. The molecule has 1 atom stereocenters. The molecule has 3 N–H and O–H groups in total. The standard InChI is InChI=1S/C13H14ClN3O2/c1-7-6-16-13(19-7)8(2)17-12(18)9-3-4-11(15)10(14)5-9/h3-6,8H,15H2,1-2H3,(H,17,18). The summed E-state index contributed by atoms with van der Waals surface area (Å²) in [5, 5.41) is 3.13. The summed E-state index contributed by atoms with van der Waals surface area (Å²) >= 11 is 5.88. The van der Waals surface area contributed by atoms with Crippen molar-refractivity contribution in [1.82, 2.24) is 10.3 Å². The molecule has 1 unspecified atom stereocenters. The van der Waals surface area contributed by atoms with Gasteiger partial charge in [-0.15, -0.1) is 0 Å². The van der Waals surface area contributed by atoms with Gasteiger partial charge in [-0.1, -0.05) is 11.6 Å². The number of nitrogen functional groups attached to an aromatic ring is 1. The molecular formula is C13H14ClN3O2. The van der Waals surface area contributed by atoms with Gasteiger partial charge in [0.1, 0.15) is 11.8 Å². The second-order valence-electron chi connectivity index (χ2n) is 4.24. The van der Waals surface area contributed by atoms with Crippen LogP contribution in [0, 0.1) is 6.92 Å². The van der Waals surface area contributed by atoms with Crippen molar-refractivity contribution in [2.24, 2.45) is 0 Å². The minimum atomic E-state index is -0.322. The predicted molar refractivity (Wildman–Crippen MR) is 73.0 cm³/mol. The van der Waals surface area contributed by atoms with E-state index in [-0.39, 0.29) is 11.9 Å². The van der Waals surface area contributed by atoms with E-state index in [0.29, 0.717) is 27.9 Å². The van der Waals surface area contributed by atoms with Gasteiger partial charge in [-0.3, -0.25) is 4.79 Å². The second-order valence-corrected chi connectivity index (χ2v) is 4.65. The number of rotatable bonds is 3. The fourth-order valence-electron chi connectivity index (χ4n) is 1.58. The van der Waals surface area contributed by atoms with Crippen molar-refractivity contribution in [1.29, 1.82) is 0 Å². The molecule has 2 rings (SSSR count). The third-order valence-corrected chi connectivity index (χ3v) is 2.95. The third-order valence-electron chi connectivity index (χ3n) is 2.62. The van der Waals surface area contributed by atoms with Gasteiger partial charge in [0, 0.05) is 5.56 Å². The molecule has 1 aromatic carbocycles. The lowest BCUT2D eigenvalue weighted by atomic mass is 10.2. The summed E-state index contributed by atoms with van der Waals surface area (Å²) < 4.78 is 5.35. The maximum Gasteiger partial charge on any atom is 0.251 e.